The molecule has 6 heteroatoms. The summed E-state index contributed by atoms with van der Waals surface area (Å²) in [6, 6.07) is 2.24. The summed E-state index contributed by atoms with van der Waals surface area (Å²) in [6.07, 6.45) is 3.84. The smallest absolute Gasteiger partial charge is 0.236 e. The fraction of sp³-hybridized carbons (Fsp3) is 0.467. The summed E-state index contributed by atoms with van der Waals surface area (Å²) in [5.41, 5.74) is 2.32. The van der Waals surface area contributed by atoms with Gasteiger partial charge in [-0.3, -0.25) is 9.48 Å². The number of hydrogen-bond donors (Lipinski definition) is 1. The Morgan fingerprint density at radius 1 is 1.57 bits per heavy atom. The minimum absolute atomic E-state index is 0.102. The molecular weight excluding hydrogens is 284 g/mol. The number of nitrogens with zero attached hydrogens (tertiary/aromatic N) is 3. The molecule has 0 aromatic carbocycles. The highest BCUT2D eigenvalue weighted by atomic mass is 32.1. The maximum Gasteiger partial charge on any atom is 0.236 e. The predicted molar refractivity (Wildman–Crippen MR) is 85.2 cm³/mol. The van der Waals surface area contributed by atoms with E-state index >= 15 is 0 Å². The molecule has 2 aromatic rings. The lowest BCUT2D eigenvalue weighted by molar-refractivity contribution is -0.129. The molecule has 5 nitrogen and oxygen atoms in total. The molecule has 21 heavy (non-hydrogen) atoms. The Kier molecular flexibility index (Phi) is 5.52. The molecule has 0 aliphatic heterocycles. The molecule has 1 amide bonds. The third-order valence-electron chi connectivity index (χ3n) is 3.25. The Bertz CT molecular complexity index is 564. The van der Waals surface area contributed by atoms with E-state index in [0.717, 1.165) is 12.1 Å². The molecule has 2 aromatic heterocycles. The monoisotopic (exact) mass is 306 g/mol. The highest BCUT2D eigenvalue weighted by molar-refractivity contribution is 7.07. The van der Waals surface area contributed by atoms with E-state index in [1.54, 1.807) is 16.2 Å². The normalized spacial score (nSPS) is 12.3. The van der Waals surface area contributed by atoms with Crippen molar-refractivity contribution in [3.63, 3.8) is 0 Å². The number of carbonyl (C=O) groups is 1. The molecule has 2 heterocycles. The predicted octanol–water partition coefficient (Wildman–Crippen LogP) is 1.89. The molecule has 1 atom stereocenters. The third-order valence-corrected chi connectivity index (χ3v) is 3.98. The minimum atomic E-state index is 0.102. The Balaban J connectivity index is 1.72. The van der Waals surface area contributed by atoms with E-state index in [1.165, 1.54) is 5.56 Å². The van der Waals surface area contributed by atoms with E-state index in [1.807, 2.05) is 42.5 Å². The SMILES string of the molecule is Cc1cnn(C[C@H](C)NCC(=O)N(C)Cc2ccsc2)c1. The van der Waals surface area contributed by atoms with Crippen molar-refractivity contribution in [3.8, 4) is 0 Å². The van der Waals surface area contributed by atoms with E-state index < -0.39 is 0 Å². The van der Waals surface area contributed by atoms with Crippen molar-refractivity contribution in [2.45, 2.75) is 33.0 Å². The van der Waals surface area contributed by atoms with Gasteiger partial charge in [0.25, 0.3) is 0 Å². The number of rotatable bonds is 7. The Hall–Kier alpha value is -1.66. The van der Waals surface area contributed by atoms with Crippen LogP contribution in [-0.2, 0) is 17.9 Å². The zero-order valence-corrected chi connectivity index (χ0v) is 13.6. The summed E-state index contributed by atoms with van der Waals surface area (Å²) < 4.78 is 1.90. The van der Waals surface area contributed by atoms with Gasteiger partial charge in [0, 0.05) is 25.8 Å². The van der Waals surface area contributed by atoms with E-state index in [0.29, 0.717) is 13.1 Å². The number of carbonyl (C=O) groups excluding carboxylic acids is 1. The van der Waals surface area contributed by atoms with Gasteiger partial charge < -0.3 is 10.2 Å². The molecule has 0 bridgehead atoms. The van der Waals surface area contributed by atoms with Crippen LogP contribution in [0.3, 0.4) is 0 Å². The minimum Gasteiger partial charge on any atom is -0.340 e. The quantitative estimate of drug-likeness (QED) is 0.850. The van der Waals surface area contributed by atoms with Crippen molar-refractivity contribution in [3.05, 3.63) is 40.3 Å². The number of nitrogens with one attached hydrogen (secondary N) is 1. The van der Waals surface area contributed by atoms with Gasteiger partial charge in [-0.2, -0.15) is 16.4 Å². The van der Waals surface area contributed by atoms with Crippen LogP contribution in [0.4, 0.5) is 0 Å². The van der Waals surface area contributed by atoms with Crippen LogP contribution in [0.5, 0.6) is 0 Å². The van der Waals surface area contributed by atoms with Gasteiger partial charge in [0.05, 0.1) is 19.3 Å². The standard InChI is InChI=1S/C15H22N4OS/c1-12-6-17-19(8-12)9-13(2)16-7-15(20)18(3)10-14-4-5-21-11-14/h4-6,8,11,13,16H,7,9-10H2,1-3H3/t13-/m0/s1. The molecule has 0 radical (unpaired) electrons. The second-order valence-corrected chi connectivity index (χ2v) is 6.18. The van der Waals surface area contributed by atoms with E-state index in [9.17, 15) is 4.79 Å². The molecule has 2 rings (SSSR count). The maximum atomic E-state index is 12.1. The second kappa shape index (κ2) is 7.38. The van der Waals surface area contributed by atoms with Crippen molar-refractivity contribution in [2.24, 2.45) is 0 Å². The molecule has 114 valence electrons. The van der Waals surface area contributed by atoms with Crippen molar-refractivity contribution in [1.29, 1.82) is 0 Å². The van der Waals surface area contributed by atoms with Gasteiger partial charge in [-0.15, -0.1) is 0 Å². The number of amides is 1. The lowest BCUT2D eigenvalue weighted by Gasteiger charge is -2.19. The van der Waals surface area contributed by atoms with Gasteiger partial charge in [0.15, 0.2) is 0 Å². The Labute approximate surface area is 129 Å². The molecule has 0 spiro atoms. The van der Waals surface area contributed by atoms with Gasteiger partial charge in [-0.1, -0.05) is 0 Å². The zero-order chi connectivity index (χ0) is 15.2. The molecule has 0 saturated carbocycles. The first-order chi connectivity index (χ1) is 10.0. The highest BCUT2D eigenvalue weighted by Crippen LogP contribution is 2.08. The van der Waals surface area contributed by atoms with Gasteiger partial charge in [-0.05, 0) is 41.8 Å². The lowest BCUT2D eigenvalue weighted by Crippen LogP contribution is -2.40. The largest absolute Gasteiger partial charge is 0.340 e. The van der Waals surface area contributed by atoms with Crippen LogP contribution in [0, 0.1) is 6.92 Å². The van der Waals surface area contributed by atoms with Crippen LogP contribution in [0.2, 0.25) is 0 Å². The van der Waals surface area contributed by atoms with Crippen LogP contribution in [-0.4, -0.2) is 40.2 Å². The van der Waals surface area contributed by atoms with Crippen molar-refractivity contribution >= 4 is 17.2 Å². The van der Waals surface area contributed by atoms with Crippen LogP contribution < -0.4 is 5.32 Å². The third kappa shape index (κ3) is 4.99. The second-order valence-electron chi connectivity index (χ2n) is 5.40. The summed E-state index contributed by atoms with van der Waals surface area (Å²) in [6.45, 7) is 5.85. The molecule has 0 aliphatic rings. The van der Waals surface area contributed by atoms with Gasteiger partial charge in [0.2, 0.25) is 5.91 Å². The van der Waals surface area contributed by atoms with Crippen LogP contribution in [0.1, 0.15) is 18.1 Å². The summed E-state index contributed by atoms with van der Waals surface area (Å²) in [5, 5.41) is 11.6. The number of thiophene rings is 1. The topological polar surface area (TPSA) is 50.2 Å². The fourth-order valence-electron chi connectivity index (χ4n) is 2.05. The van der Waals surface area contributed by atoms with E-state index in [-0.39, 0.29) is 11.9 Å². The van der Waals surface area contributed by atoms with E-state index in [4.69, 9.17) is 0 Å². The van der Waals surface area contributed by atoms with Crippen molar-refractivity contribution in [2.75, 3.05) is 13.6 Å². The molecule has 0 saturated heterocycles. The van der Waals surface area contributed by atoms with E-state index in [2.05, 4.69) is 22.7 Å². The fourth-order valence-corrected chi connectivity index (χ4v) is 2.71. The lowest BCUT2D eigenvalue weighted by atomic mass is 10.3. The molecular formula is C15H22N4OS. The first-order valence-corrected chi connectivity index (χ1v) is 7.96. The van der Waals surface area contributed by atoms with Gasteiger partial charge in [-0.25, -0.2) is 0 Å². The molecule has 1 N–H and O–H groups in total. The van der Waals surface area contributed by atoms with Crippen LogP contribution in [0.15, 0.2) is 29.2 Å². The van der Waals surface area contributed by atoms with Gasteiger partial charge >= 0.3 is 0 Å². The summed E-state index contributed by atoms with van der Waals surface area (Å²) in [7, 11) is 1.84. The van der Waals surface area contributed by atoms with Crippen molar-refractivity contribution in [1.82, 2.24) is 20.0 Å². The number of aryl methyl sites for hydroxylation is 1. The van der Waals surface area contributed by atoms with Crippen LogP contribution >= 0.6 is 11.3 Å². The molecule has 0 unspecified atom stereocenters. The number of hydrogen-bond acceptors (Lipinski definition) is 4. The Morgan fingerprint density at radius 2 is 2.38 bits per heavy atom. The first kappa shape index (κ1) is 15.7. The summed E-state index contributed by atoms with van der Waals surface area (Å²) in [5.74, 6) is 0.102. The number of likely N-dealkylation sites (N-methyl/N-ethyl adjacent to an activating group) is 1. The summed E-state index contributed by atoms with van der Waals surface area (Å²) in [4.78, 5) is 13.8. The van der Waals surface area contributed by atoms with Gasteiger partial charge in [0.1, 0.15) is 0 Å². The highest BCUT2D eigenvalue weighted by Gasteiger charge is 2.11. The maximum absolute atomic E-state index is 12.1. The average molecular weight is 306 g/mol. The van der Waals surface area contributed by atoms with Crippen molar-refractivity contribution < 1.29 is 4.79 Å². The average Bonchev–Trinajstić information content (AvgIpc) is 3.08. The summed E-state index contributed by atoms with van der Waals surface area (Å²) >= 11 is 1.65. The zero-order valence-electron chi connectivity index (χ0n) is 12.7. The molecule has 0 aliphatic carbocycles. The number of aromatic nitrogens is 2. The first-order valence-electron chi connectivity index (χ1n) is 7.02. The van der Waals surface area contributed by atoms with Crippen LogP contribution in [0.25, 0.3) is 0 Å². The molecule has 0 fully saturated rings. The Morgan fingerprint density at radius 3 is 3.00 bits per heavy atom.